The molecular weight excluding hydrogens is 346 g/mol. The van der Waals surface area contributed by atoms with E-state index in [9.17, 15) is 0 Å². The topological polar surface area (TPSA) is 12.0 Å². The SMILES string of the molecule is CCCNC(c1ccc(Cl)cc1Br)C1CC(C)CC(C)C1. The summed E-state index contributed by atoms with van der Waals surface area (Å²) in [6.07, 6.45) is 5.18. The van der Waals surface area contributed by atoms with Gasteiger partial charge in [-0.25, -0.2) is 0 Å². The highest BCUT2D eigenvalue weighted by Gasteiger charge is 2.31. The summed E-state index contributed by atoms with van der Waals surface area (Å²) in [6, 6.07) is 6.65. The van der Waals surface area contributed by atoms with E-state index in [-0.39, 0.29) is 0 Å². The summed E-state index contributed by atoms with van der Waals surface area (Å²) >= 11 is 9.82. The van der Waals surface area contributed by atoms with Gasteiger partial charge in [-0.15, -0.1) is 0 Å². The van der Waals surface area contributed by atoms with Crippen LogP contribution in [-0.2, 0) is 0 Å². The second kappa shape index (κ2) is 7.99. The van der Waals surface area contributed by atoms with Crippen LogP contribution in [0.25, 0.3) is 0 Å². The molecule has 3 atom stereocenters. The predicted octanol–water partition coefficient (Wildman–Crippen LogP) is 6.22. The molecular formula is C18H27BrClN. The summed E-state index contributed by atoms with van der Waals surface area (Å²) in [6.45, 7) is 8.10. The molecule has 0 aliphatic heterocycles. The van der Waals surface area contributed by atoms with Gasteiger partial charge in [-0.3, -0.25) is 0 Å². The summed E-state index contributed by atoms with van der Waals surface area (Å²) in [5, 5.41) is 4.58. The van der Waals surface area contributed by atoms with Crippen molar-refractivity contribution in [2.75, 3.05) is 6.54 Å². The van der Waals surface area contributed by atoms with E-state index in [0.29, 0.717) is 12.0 Å². The first kappa shape index (κ1) is 17.3. The van der Waals surface area contributed by atoms with Crippen LogP contribution in [0.3, 0.4) is 0 Å². The minimum absolute atomic E-state index is 0.432. The van der Waals surface area contributed by atoms with Crippen LogP contribution in [0.4, 0.5) is 0 Å². The zero-order valence-corrected chi connectivity index (χ0v) is 15.7. The Hall–Kier alpha value is -0.0500. The fourth-order valence-electron chi connectivity index (χ4n) is 3.87. The van der Waals surface area contributed by atoms with Gasteiger partial charge in [0.1, 0.15) is 0 Å². The number of nitrogens with one attached hydrogen (secondary N) is 1. The lowest BCUT2D eigenvalue weighted by atomic mass is 9.72. The van der Waals surface area contributed by atoms with Crippen molar-refractivity contribution in [2.24, 2.45) is 17.8 Å². The van der Waals surface area contributed by atoms with Gasteiger partial charge in [-0.05, 0) is 67.7 Å². The third kappa shape index (κ3) is 4.71. The van der Waals surface area contributed by atoms with Crippen LogP contribution in [0, 0.1) is 17.8 Å². The molecule has 0 amide bonds. The average Bonchev–Trinajstić information content (AvgIpc) is 2.40. The number of hydrogen-bond donors (Lipinski definition) is 1. The van der Waals surface area contributed by atoms with Crippen molar-refractivity contribution in [1.82, 2.24) is 5.32 Å². The van der Waals surface area contributed by atoms with E-state index < -0.39 is 0 Å². The Kier molecular flexibility index (Phi) is 6.58. The van der Waals surface area contributed by atoms with Gasteiger partial charge in [-0.1, -0.05) is 54.4 Å². The van der Waals surface area contributed by atoms with Gasteiger partial charge in [0.15, 0.2) is 0 Å². The summed E-state index contributed by atoms with van der Waals surface area (Å²) in [4.78, 5) is 0. The van der Waals surface area contributed by atoms with Crippen LogP contribution in [0.5, 0.6) is 0 Å². The molecule has 1 aliphatic carbocycles. The second-order valence-electron chi connectivity index (χ2n) is 6.78. The van der Waals surface area contributed by atoms with Gasteiger partial charge in [0, 0.05) is 15.5 Å². The summed E-state index contributed by atoms with van der Waals surface area (Å²) in [5.74, 6) is 2.37. The van der Waals surface area contributed by atoms with Crippen LogP contribution >= 0.6 is 27.5 Å². The molecule has 1 fully saturated rings. The molecule has 1 aliphatic rings. The monoisotopic (exact) mass is 371 g/mol. The molecule has 1 aromatic rings. The Morgan fingerprint density at radius 2 is 1.90 bits per heavy atom. The molecule has 0 heterocycles. The molecule has 1 nitrogen and oxygen atoms in total. The second-order valence-corrected chi connectivity index (χ2v) is 8.07. The van der Waals surface area contributed by atoms with E-state index in [0.717, 1.165) is 27.9 Å². The maximum absolute atomic E-state index is 6.11. The quantitative estimate of drug-likeness (QED) is 0.647. The fourth-order valence-corrected chi connectivity index (χ4v) is 4.79. The standard InChI is InChI=1S/C18H27BrClN/c1-4-7-21-18(14-9-12(2)8-13(3)10-14)16-6-5-15(20)11-17(16)19/h5-6,11-14,18,21H,4,7-10H2,1-3H3. The van der Waals surface area contributed by atoms with E-state index >= 15 is 0 Å². The Bertz CT molecular complexity index is 453. The lowest BCUT2D eigenvalue weighted by molar-refractivity contribution is 0.176. The van der Waals surface area contributed by atoms with Crippen LogP contribution in [0.1, 0.15) is 58.1 Å². The third-order valence-corrected chi connectivity index (χ3v) is 5.52. The molecule has 0 spiro atoms. The van der Waals surface area contributed by atoms with Gasteiger partial charge in [0.05, 0.1) is 0 Å². The Balaban J connectivity index is 2.24. The maximum atomic E-state index is 6.11. The number of rotatable bonds is 5. The van der Waals surface area contributed by atoms with Crippen molar-refractivity contribution in [3.8, 4) is 0 Å². The lowest BCUT2D eigenvalue weighted by Crippen LogP contribution is -2.34. The van der Waals surface area contributed by atoms with E-state index in [2.05, 4.69) is 48.1 Å². The minimum Gasteiger partial charge on any atom is -0.310 e. The molecule has 1 saturated carbocycles. The number of hydrogen-bond acceptors (Lipinski definition) is 1. The molecule has 118 valence electrons. The normalized spacial score (nSPS) is 27.6. The zero-order valence-electron chi connectivity index (χ0n) is 13.3. The van der Waals surface area contributed by atoms with Crippen molar-refractivity contribution in [1.29, 1.82) is 0 Å². The number of benzene rings is 1. The van der Waals surface area contributed by atoms with Crippen molar-refractivity contribution in [3.05, 3.63) is 33.3 Å². The molecule has 1 aromatic carbocycles. The van der Waals surface area contributed by atoms with Gasteiger partial charge in [0.2, 0.25) is 0 Å². The molecule has 0 bridgehead atoms. The smallest absolute Gasteiger partial charge is 0.0417 e. The van der Waals surface area contributed by atoms with Crippen LogP contribution < -0.4 is 5.32 Å². The van der Waals surface area contributed by atoms with Crippen LogP contribution in [0.2, 0.25) is 5.02 Å². The Morgan fingerprint density at radius 1 is 1.24 bits per heavy atom. The first-order valence-electron chi connectivity index (χ1n) is 8.19. The highest BCUT2D eigenvalue weighted by molar-refractivity contribution is 9.10. The van der Waals surface area contributed by atoms with E-state index in [1.54, 1.807) is 0 Å². The summed E-state index contributed by atoms with van der Waals surface area (Å²) in [7, 11) is 0. The predicted molar refractivity (Wildman–Crippen MR) is 95.9 cm³/mol. The molecule has 21 heavy (non-hydrogen) atoms. The van der Waals surface area contributed by atoms with Crippen LogP contribution in [-0.4, -0.2) is 6.54 Å². The van der Waals surface area contributed by atoms with Crippen molar-refractivity contribution < 1.29 is 0 Å². The molecule has 2 rings (SSSR count). The van der Waals surface area contributed by atoms with Crippen molar-refractivity contribution in [3.63, 3.8) is 0 Å². The molecule has 0 aromatic heterocycles. The lowest BCUT2D eigenvalue weighted by Gasteiger charge is -2.37. The van der Waals surface area contributed by atoms with Crippen LogP contribution in [0.15, 0.2) is 22.7 Å². The zero-order chi connectivity index (χ0) is 15.4. The fraction of sp³-hybridized carbons (Fsp3) is 0.667. The third-order valence-electron chi connectivity index (χ3n) is 4.60. The van der Waals surface area contributed by atoms with Crippen molar-refractivity contribution >= 4 is 27.5 Å². The van der Waals surface area contributed by atoms with Crippen molar-refractivity contribution in [2.45, 2.75) is 52.5 Å². The van der Waals surface area contributed by atoms with E-state index in [4.69, 9.17) is 11.6 Å². The van der Waals surface area contributed by atoms with E-state index in [1.165, 1.54) is 31.2 Å². The maximum Gasteiger partial charge on any atom is 0.0417 e. The first-order valence-corrected chi connectivity index (χ1v) is 9.36. The molecule has 1 N–H and O–H groups in total. The van der Waals surface area contributed by atoms with Gasteiger partial charge >= 0.3 is 0 Å². The average molecular weight is 373 g/mol. The largest absolute Gasteiger partial charge is 0.310 e. The van der Waals surface area contributed by atoms with Gasteiger partial charge in [0.25, 0.3) is 0 Å². The molecule has 0 radical (unpaired) electrons. The first-order chi connectivity index (χ1) is 10.0. The van der Waals surface area contributed by atoms with E-state index in [1.807, 2.05) is 12.1 Å². The molecule has 0 saturated heterocycles. The van der Waals surface area contributed by atoms with Gasteiger partial charge < -0.3 is 5.32 Å². The Morgan fingerprint density at radius 3 is 2.48 bits per heavy atom. The Labute approximate surface area is 143 Å². The molecule has 3 unspecified atom stereocenters. The minimum atomic E-state index is 0.432. The molecule has 3 heteroatoms. The summed E-state index contributed by atoms with van der Waals surface area (Å²) < 4.78 is 1.13. The van der Waals surface area contributed by atoms with Gasteiger partial charge in [-0.2, -0.15) is 0 Å². The highest BCUT2D eigenvalue weighted by atomic mass is 79.9. The number of halogens is 2. The highest BCUT2D eigenvalue weighted by Crippen LogP contribution is 2.41. The summed E-state index contributed by atoms with van der Waals surface area (Å²) in [5.41, 5.74) is 1.36.